The molecule has 0 spiro atoms. The molecule has 100 valence electrons. The Morgan fingerprint density at radius 3 is 2.83 bits per heavy atom. The fraction of sp³-hybridized carbons (Fsp3) is 0.571. The second kappa shape index (κ2) is 6.13. The average Bonchev–Trinajstić information content (AvgIpc) is 2.86. The number of hydrogen-bond donors (Lipinski definition) is 1. The highest BCUT2D eigenvalue weighted by molar-refractivity contribution is 9.10. The van der Waals surface area contributed by atoms with E-state index in [1.165, 1.54) is 6.07 Å². The lowest BCUT2D eigenvalue weighted by atomic mass is 9.98. The molecule has 1 aromatic carbocycles. The predicted octanol–water partition coefficient (Wildman–Crippen LogP) is 3.66. The Balaban J connectivity index is 1.97. The quantitative estimate of drug-likeness (QED) is 0.915. The predicted molar refractivity (Wildman–Crippen MR) is 74.0 cm³/mol. The zero-order valence-electron chi connectivity index (χ0n) is 10.7. The number of nitrogens with one attached hydrogen (secondary N) is 1. The maximum atomic E-state index is 13.2. The van der Waals surface area contributed by atoms with Gasteiger partial charge in [-0.3, -0.25) is 0 Å². The van der Waals surface area contributed by atoms with Crippen molar-refractivity contribution in [1.29, 1.82) is 0 Å². The minimum atomic E-state index is -0.219. The number of hydrogen-bond acceptors (Lipinski definition) is 2. The molecule has 3 atom stereocenters. The monoisotopic (exact) mass is 315 g/mol. The summed E-state index contributed by atoms with van der Waals surface area (Å²) in [5.41, 5.74) is 1.09. The van der Waals surface area contributed by atoms with Crippen LogP contribution in [-0.2, 0) is 4.74 Å². The first-order valence-electron chi connectivity index (χ1n) is 6.36. The molecule has 1 heterocycles. The Morgan fingerprint density at radius 2 is 2.22 bits per heavy atom. The van der Waals surface area contributed by atoms with Crippen LogP contribution in [0.25, 0.3) is 0 Å². The molecule has 2 rings (SSSR count). The van der Waals surface area contributed by atoms with E-state index in [0.717, 1.165) is 25.2 Å². The van der Waals surface area contributed by atoms with Crippen molar-refractivity contribution >= 4 is 15.9 Å². The number of halogens is 2. The zero-order chi connectivity index (χ0) is 13.1. The summed E-state index contributed by atoms with van der Waals surface area (Å²) in [4.78, 5) is 0. The summed E-state index contributed by atoms with van der Waals surface area (Å²) in [5, 5.41) is 3.56. The van der Waals surface area contributed by atoms with Crippen LogP contribution < -0.4 is 5.32 Å². The fourth-order valence-corrected chi connectivity index (χ4v) is 2.75. The van der Waals surface area contributed by atoms with E-state index in [0.29, 0.717) is 16.4 Å². The van der Waals surface area contributed by atoms with Crippen molar-refractivity contribution in [3.63, 3.8) is 0 Å². The second-order valence-corrected chi connectivity index (χ2v) is 5.83. The van der Waals surface area contributed by atoms with E-state index < -0.39 is 0 Å². The molecule has 0 aliphatic carbocycles. The van der Waals surface area contributed by atoms with Gasteiger partial charge in [0.25, 0.3) is 0 Å². The van der Waals surface area contributed by atoms with Crippen LogP contribution in [0.1, 0.15) is 31.9 Å². The van der Waals surface area contributed by atoms with Crippen LogP contribution in [0.3, 0.4) is 0 Å². The van der Waals surface area contributed by atoms with Gasteiger partial charge in [0.2, 0.25) is 0 Å². The fourth-order valence-electron chi connectivity index (χ4n) is 2.36. The molecule has 1 aromatic rings. The van der Waals surface area contributed by atoms with Gasteiger partial charge in [0.05, 0.1) is 11.1 Å². The molecular formula is C14H19BrFNO. The van der Waals surface area contributed by atoms with Gasteiger partial charge in [-0.2, -0.15) is 0 Å². The van der Waals surface area contributed by atoms with Crippen molar-refractivity contribution in [3.05, 3.63) is 34.1 Å². The first-order chi connectivity index (χ1) is 8.58. The minimum Gasteiger partial charge on any atom is -0.381 e. The van der Waals surface area contributed by atoms with E-state index in [2.05, 4.69) is 35.1 Å². The highest BCUT2D eigenvalue weighted by atomic mass is 79.9. The van der Waals surface area contributed by atoms with Gasteiger partial charge in [-0.1, -0.05) is 6.07 Å². The van der Waals surface area contributed by atoms with Gasteiger partial charge in [-0.05, 0) is 59.8 Å². The van der Waals surface area contributed by atoms with Crippen molar-refractivity contribution < 1.29 is 9.13 Å². The van der Waals surface area contributed by atoms with Crippen LogP contribution in [0.2, 0.25) is 0 Å². The normalized spacial score (nSPS) is 23.0. The topological polar surface area (TPSA) is 21.3 Å². The van der Waals surface area contributed by atoms with E-state index in [-0.39, 0.29) is 11.9 Å². The smallest absolute Gasteiger partial charge is 0.137 e. The molecule has 0 bridgehead atoms. The second-order valence-electron chi connectivity index (χ2n) is 4.97. The lowest BCUT2D eigenvalue weighted by molar-refractivity contribution is 0.177. The molecule has 4 heteroatoms. The van der Waals surface area contributed by atoms with Gasteiger partial charge >= 0.3 is 0 Å². The van der Waals surface area contributed by atoms with Crippen molar-refractivity contribution in [3.8, 4) is 0 Å². The summed E-state index contributed by atoms with van der Waals surface area (Å²) in [6.45, 7) is 6.00. The standard InChI is InChI=1S/C14H19BrFNO/c1-9(11-3-4-14(16)13(15)7-11)17-10(2)12-5-6-18-8-12/h3-4,7,9-10,12,17H,5-6,8H2,1-2H3. The molecule has 18 heavy (non-hydrogen) atoms. The number of benzene rings is 1. The number of ether oxygens (including phenoxy) is 1. The van der Waals surface area contributed by atoms with Gasteiger partial charge in [0.15, 0.2) is 0 Å². The molecule has 0 aromatic heterocycles. The summed E-state index contributed by atoms with van der Waals surface area (Å²) in [5.74, 6) is 0.361. The SMILES string of the molecule is CC(NC(C)C1CCOC1)c1ccc(F)c(Br)c1. The van der Waals surface area contributed by atoms with Crippen molar-refractivity contribution in [1.82, 2.24) is 5.32 Å². The third-order valence-electron chi connectivity index (χ3n) is 3.63. The molecule has 1 aliphatic heterocycles. The molecule has 1 N–H and O–H groups in total. The highest BCUT2D eigenvalue weighted by Crippen LogP contribution is 2.23. The van der Waals surface area contributed by atoms with E-state index in [9.17, 15) is 4.39 Å². The van der Waals surface area contributed by atoms with Crippen LogP contribution in [-0.4, -0.2) is 19.3 Å². The molecule has 0 radical (unpaired) electrons. The first-order valence-corrected chi connectivity index (χ1v) is 7.16. The number of rotatable bonds is 4. The van der Waals surface area contributed by atoms with E-state index >= 15 is 0 Å². The van der Waals surface area contributed by atoms with Crippen LogP contribution in [0, 0.1) is 11.7 Å². The molecule has 2 nitrogen and oxygen atoms in total. The maximum absolute atomic E-state index is 13.2. The summed E-state index contributed by atoms with van der Waals surface area (Å²) in [7, 11) is 0. The van der Waals surface area contributed by atoms with Gasteiger partial charge in [-0.15, -0.1) is 0 Å². The Bertz CT molecular complexity index is 407. The average molecular weight is 316 g/mol. The Labute approximate surface area is 116 Å². The van der Waals surface area contributed by atoms with Crippen LogP contribution in [0.4, 0.5) is 4.39 Å². The Morgan fingerprint density at radius 1 is 1.44 bits per heavy atom. The third-order valence-corrected chi connectivity index (χ3v) is 4.24. The van der Waals surface area contributed by atoms with E-state index in [1.54, 1.807) is 0 Å². The van der Waals surface area contributed by atoms with Gasteiger partial charge in [-0.25, -0.2) is 4.39 Å². The summed E-state index contributed by atoms with van der Waals surface area (Å²) in [6.07, 6.45) is 1.12. The van der Waals surface area contributed by atoms with Crippen LogP contribution in [0.5, 0.6) is 0 Å². The van der Waals surface area contributed by atoms with Crippen LogP contribution >= 0.6 is 15.9 Å². The summed E-state index contributed by atoms with van der Waals surface area (Å²) >= 11 is 3.22. The highest BCUT2D eigenvalue weighted by Gasteiger charge is 2.23. The largest absolute Gasteiger partial charge is 0.381 e. The van der Waals surface area contributed by atoms with Crippen molar-refractivity contribution in [2.24, 2.45) is 5.92 Å². The molecule has 0 saturated carbocycles. The Hall–Kier alpha value is -0.450. The minimum absolute atomic E-state index is 0.206. The van der Waals surface area contributed by atoms with Gasteiger partial charge in [0.1, 0.15) is 5.82 Å². The Kier molecular flexibility index (Phi) is 4.76. The van der Waals surface area contributed by atoms with Crippen molar-refractivity contribution in [2.75, 3.05) is 13.2 Å². The molecular weight excluding hydrogens is 297 g/mol. The van der Waals surface area contributed by atoms with E-state index in [4.69, 9.17) is 4.74 Å². The zero-order valence-corrected chi connectivity index (χ0v) is 12.3. The molecule has 1 saturated heterocycles. The van der Waals surface area contributed by atoms with Gasteiger partial charge in [0, 0.05) is 18.7 Å². The molecule has 3 unspecified atom stereocenters. The molecule has 0 amide bonds. The molecule has 1 aliphatic rings. The van der Waals surface area contributed by atoms with Crippen molar-refractivity contribution in [2.45, 2.75) is 32.4 Å². The maximum Gasteiger partial charge on any atom is 0.137 e. The van der Waals surface area contributed by atoms with E-state index in [1.807, 2.05) is 12.1 Å². The van der Waals surface area contributed by atoms with Gasteiger partial charge < -0.3 is 10.1 Å². The first kappa shape index (κ1) is 14.0. The summed E-state index contributed by atoms with van der Waals surface area (Å²) < 4.78 is 19.1. The lowest BCUT2D eigenvalue weighted by Crippen LogP contribution is -2.35. The lowest BCUT2D eigenvalue weighted by Gasteiger charge is -2.24. The summed E-state index contributed by atoms with van der Waals surface area (Å²) in [6, 6.07) is 5.78. The van der Waals surface area contributed by atoms with Crippen LogP contribution in [0.15, 0.2) is 22.7 Å². The third kappa shape index (κ3) is 3.31. The molecule has 1 fully saturated rings.